The maximum atomic E-state index is 12.3. The molecule has 0 aromatic heterocycles. The van der Waals surface area contributed by atoms with E-state index in [1.807, 2.05) is 20.8 Å². The molecule has 1 amide bonds. The van der Waals surface area contributed by atoms with Crippen LogP contribution in [-0.4, -0.2) is 42.2 Å². The Morgan fingerprint density at radius 1 is 1.30 bits per heavy atom. The predicted molar refractivity (Wildman–Crippen MR) is 94.6 cm³/mol. The molecular weight excluding hydrogens is 289 g/mol. The summed E-state index contributed by atoms with van der Waals surface area (Å²) in [6.07, 6.45) is 5.05. The number of ether oxygens (including phenoxy) is 1. The van der Waals surface area contributed by atoms with Crippen molar-refractivity contribution in [3.05, 3.63) is 11.5 Å². The highest BCUT2D eigenvalue weighted by Crippen LogP contribution is 2.44. The van der Waals surface area contributed by atoms with Gasteiger partial charge >= 0.3 is 13.0 Å². The lowest BCUT2D eigenvalue weighted by Gasteiger charge is -2.49. The van der Waals surface area contributed by atoms with Crippen molar-refractivity contribution < 1.29 is 14.2 Å². The second kappa shape index (κ2) is 6.16. The van der Waals surface area contributed by atoms with Gasteiger partial charge in [-0.05, 0) is 59.2 Å². The molecule has 5 heteroatoms. The Balaban J connectivity index is 2.02. The number of carbonyl (C=O) groups is 1. The van der Waals surface area contributed by atoms with Crippen LogP contribution in [0.3, 0.4) is 0 Å². The van der Waals surface area contributed by atoms with Crippen molar-refractivity contribution in [3.63, 3.8) is 0 Å². The maximum Gasteiger partial charge on any atom is 0.410 e. The summed E-state index contributed by atoms with van der Waals surface area (Å²) in [6.45, 7) is 16.1. The Morgan fingerprint density at radius 3 is 2.52 bits per heavy atom. The first kappa shape index (κ1) is 18.4. The Hall–Kier alpha value is -0.965. The molecule has 0 unspecified atom stereocenters. The lowest BCUT2D eigenvalue weighted by atomic mass is 9.49. The molecule has 1 saturated heterocycles. The summed E-state index contributed by atoms with van der Waals surface area (Å²) < 4.78 is 11.9. The van der Waals surface area contributed by atoms with Crippen LogP contribution in [0.4, 0.5) is 4.79 Å². The summed E-state index contributed by atoms with van der Waals surface area (Å²) in [5.74, 6) is 0. The van der Waals surface area contributed by atoms with Crippen molar-refractivity contribution >= 4 is 13.0 Å². The monoisotopic (exact) mass is 321 g/mol. The molecule has 0 N–H and O–H groups in total. The van der Waals surface area contributed by atoms with E-state index >= 15 is 0 Å². The van der Waals surface area contributed by atoms with Gasteiger partial charge in [0.15, 0.2) is 0 Å². The first-order chi connectivity index (χ1) is 10.4. The quantitative estimate of drug-likeness (QED) is 0.676. The van der Waals surface area contributed by atoms with Crippen LogP contribution in [-0.2, 0) is 9.39 Å². The third kappa shape index (κ3) is 4.31. The van der Waals surface area contributed by atoms with Crippen LogP contribution in [0.2, 0.25) is 6.32 Å². The molecule has 2 aliphatic heterocycles. The molecule has 23 heavy (non-hydrogen) atoms. The summed E-state index contributed by atoms with van der Waals surface area (Å²) in [5, 5.41) is 0. The van der Waals surface area contributed by atoms with Gasteiger partial charge in [-0.15, -0.1) is 0 Å². The molecule has 130 valence electrons. The second-order valence-corrected chi connectivity index (χ2v) is 9.01. The highest BCUT2D eigenvalue weighted by atomic mass is 16.6. The molecule has 0 aromatic rings. The van der Waals surface area contributed by atoms with Crippen molar-refractivity contribution in [3.8, 4) is 0 Å². The van der Waals surface area contributed by atoms with E-state index in [1.165, 1.54) is 5.47 Å². The number of carbonyl (C=O) groups excluding carboxylic acids is 1. The van der Waals surface area contributed by atoms with E-state index in [9.17, 15) is 4.79 Å². The normalized spacial score (nSPS) is 24.2. The summed E-state index contributed by atoms with van der Waals surface area (Å²) in [5.41, 5.74) is 0.783. The van der Waals surface area contributed by atoms with Crippen LogP contribution in [0.25, 0.3) is 0 Å². The second-order valence-electron chi connectivity index (χ2n) is 9.01. The standard InChI is InChI=1S/C18H32BNO3/c1-16(2,3)22-15(21)20-12-8-9-14(13-20)19-11-10-17(4,5)18(6,7)23-19/h9H,8,10-13H2,1-7H3. The topological polar surface area (TPSA) is 38.8 Å². The van der Waals surface area contributed by atoms with E-state index in [1.54, 1.807) is 4.90 Å². The zero-order valence-corrected chi connectivity index (χ0v) is 15.9. The lowest BCUT2D eigenvalue weighted by molar-refractivity contribution is -0.0325. The van der Waals surface area contributed by atoms with Gasteiger partial charge in [-0.25, -0.2) is 4.79 Å². The molecule has 1 fully saturated rings. The van der Waals surface area contributed by atoms with E-state index in [0.29, 0.717) is 6.54 Å². The van der Waals surface area contributed by atoms with E-state index in [2.05, 4.69) is 33.8 Å². The SMILES string of the molecule is CC(C)(C)OC(=O)N1CCC=C(B2CCC(C)(C)C(C)(C)O2)C1. The zero-order chi connectivity index (χ0) is 17.5. The molecular formula is C18H32BNO3. The van der Waals surface area contributed by atoms with Crippen molar-refractivity contribution in [2.45, 2.75) is 78.8 Å². The van der Waals surface area contributed by atoms with Gasteiger partial charge in [-0.3, -0.25) is 0 Å². The van der Waals surface area contributed by atoms with Gasteiger partial charge < -0.3 is 14.3 Å². The van der Waals surface area contributed by atoms with Gasteiger partial charge in [0.05, 0.1) is 5.60 Å². The average molecular weight is 321 g/mol. The van der Waals surface area contributed by atoms with Gasteiger partial charge in [0, 0.05) is 13.1 Å². The minimum Gasteiger partial charge on any atom is -0.444 e. The minimum atomic E-state index is -0.453. The van der Waals surface area contributed by atoms with Crippen LogP contribution in [0.5, 0.6) is 0 Å². The number of hydrogen-bond acceptors (Lipinski definition) is 3. The van der Waals surface area contributed by atoms with Crippen molar-refractivity contribution in [1.82, 2.24) is 4.90 Å². The van der Waals surface area contributed by atoms with E-state index < -0.39 is 5.60 Å². The maximum absolute atomic E-state index is 12.3. The zero-order valence-electron chi connectivity index (χ0n) is 15.9. The van der Waals surface area contributed by atoms with E-state index in [0.717, 1.165) is 25.7 Å². The minimum absolute atomic E-state index is 0.114. The van der Waals surface area contributed by atoms with Crippen LogP contribution in [0.1, 0.15) is 61.3 Å². The summed E-state index contributed by atoms with van der Waals surface area (Å²) >= 11 is 0. The molecule has 0 aromatic carbocycles. The Bertz CT molecular complexity index is 491. The first-order valence-electron chi connectivity index (χ1n) is 8.76. The molecule has 4 nitrogen and oxygen atoms in total. The molecule has 0 bridgehead atoms. The molecule has 2 rings (SSSR count). The van der Waals surface area contributed by atoms with Crippen LogP contribution in [0, 0.1) is 5.41 Å². The summed E-state index contributed by atoms with van der Waals surface area (Å²) in [4.78, 5) is 14.1. The molecule has 0 radical (unpaired) electrons. The Labute approximate surface area is 141 Å². The molecule has 2 heterocycles. The van der Waals surface area contributed by atoms with Gasteiger partial charge in [0.2, 0.25) is 0 Å². The van der Waals surface area contributed by atoms with Gasteiger partial charge in [-0.2, -0.15) is 0 Å². The molecule has 0 atom stereocenters. The summed E-state index contributed by atoms with van der Waals surface area (Å²) in [7, 11) is 0. The van der Waals surface area contributed by atoms with Crippen LogP contribution in [0.15, 0.2) is 11.5 Å². The highest BCUT2D eigenvalue weighted by Gasteiger charge is 2.46. The average Bonchev–Trinajstić information content (AvgIpc) is 2.40. The molecule has 0 aliphatic carbocycles. The smallest absolute Gasteiger partial charge is 0.410 e. The third-order valence-corrected chi connectivity index (χ3v) is 5.34. The fourth-order valence-corrected chi connectivity index (χ4v) is 3.11. The molecule has 0 spiro atoms. The van der Waals surface area contributed by atoms with E-state index in [-0.39, 0.29) is 24.0 Å². The molecule has 0 saturated carbocycles. The fourth-order valence-electron chi connectivity index (χ4n) is 3.11. The molecule has 2 aliphatic rings. The van der Waals surface area contributed by atoms with Crippen molar-refractivity contribution in [1.29, 1.82) is 0 Å². The van der Waals surface area contributed by atoms with Gasteiger partial charge in [-0.1, -0.05) is 25.4 Å². The number of hydrogen-bond donors (Lipinski definition) is 0. The van der Waals surface area contributed by atoms with Gasteiger partial charge in [0.1, 0.15) is 5.60 Å². The Morgan fingerprint density at radius 2 is 1.96 bits per heavy atom. The van der Waals surface area contributed by atoms with Crippen molar-refractivity contribution in [2.75, 3.05) is 13.1 Å². The van der Waals surface area contributed by atoms with E-state index in [4.69, 9.17) is 9.39 Å². The van der Waals surface area contributed by atoms with Crippen molar-refractivity contribution in [2.24, 2.45) is 5.41 Å². The third-order valence-electron chi connectivity index (χ3n) is 5.34. The lowest BCUT2D eigenvalue weighted by Crippen LogP contribution is -2.52. The fraction of sp³-hybridized carbons (Fsp3) is 0.833. The summed E-state index contributed by atoms with van der Waals surface area (Å²) in [6, 6.07) is 0. The number of rotatable bonds is 1. The number of amides is 1. The first-order valence-corrected chi connectivity index (χ1v) is 8.76. The highest BCUT2D eigenvalue weighted by molar-refractivity contribution is 6.61. The van der Waals surface area contributed by atoms with Crippen LogP contribution >= 0.6 is 0 Å². The van der Waals surface area contributed by atoms with Crippen LogP contribution < -0.4 is 0 Å². The largest absolute Gasteiger partial charge is 0.444 e. The predicted octanol–water partition coefficient (Wildman–Crippen LogP) is 4.31. The Kier molecular flexibility index (Phi) is 4.92. The van der Waals surface area contributed by atoms with Gasteiger partial charge in [0.25, 0.3) is 0 Å². The number of nitrogens with zero attached hydrogens (tertiary/aromatic N) is 1.